The number of carbonyl (C=O) groups is 1. The van der Waals surface area contributed by atoms with Crippen molar-refractivity contribution in [3.8, 4) is 0 Å². The molecule has 0 radical (unpaired) electrons. The van der Waals surface area contributed by atoms with Crippen molar-refractivity contribution in [2.24, 2.45) is 0 Å². The number of sulfone groups is 1. The summed E-state index contributed by atoms with van der Waals surface area (Å²) in [6, 6.07) is 0.344. The first-order valence-electron chi connectivity index (χ1n) is 7.56. The molecule has 1 heterocycles. The van der Waals surface area contributed by atoms with E-state index >= 15 is 0 Å². The van der Waals surface area contributed by atoms with Crippen molar-refractivity contribution in [3.05, 3.63) is 0 Å². The van der Waals surface area contributed by atoms with Crippen molar-refractivity contribution < 1.29 is 18.3 Å². The van der Waals surface area contributed by atoms with Crippen LogP contribution in [0.25, 0.3) is 0 Å². The highest BCUT2D eigenvalue weighted by molar-refractivity contribution is 7.91. The molecule has 0 spiro atoms. The van der Waals surface area contributed by atoms with Crippen LogP contribution in [0.3, 0.4) is 0 Å². The maximum absolute atomic E-state index is 11.9. The molecule has 6 heteroatoms. The number of carboxylic acid groups (broad SMARTS) is 1. The molecule has 0 amide bonds. The van der Waals surface area contributed by atoms with E-state index in [1.165, 1.54) is 6.26 Å². The van der Waals surface area contributed by atoms with E-state index in [2.05, 4.69) is 4.90 Å². The molecule has 0 aromatic rings. The number of hydrogen-bond donors (Lipinski definition) is 1. The van der Waals surface area contributed by atoms with Crippen molar-refractivity contribution >= 4 is 15.8 Å². The highest BCUT2D eigenvalue weighted by Gasteiger charge is 2.41. The summed E-state index contributed by atoms with van der Waals surface area (Å²) >= 11 is 0. The SMILES string of the molecule is CS(=O)(=O)C1CCCC1N1CCCCC1CCC(=O)O. The largest absolute Gasteiger partial charge is 0.481 e. The molecule has 2 aliphatic rings. The molecular weight excluding hydrogens is 278 g/mol. The molecule has 20 heavy (non-hydrogen) atoms. The topological polar surface area (TPSA) is 74.7 Å². The smallest absolute Gasteiger partial charge is 0.303 e. The Morgan fingerprint density at radius 2 is 1.95 bits per heavy atom. The second kappa shape index (κ2) is 6.43. The van der Waals surface area contributed by atoms with Crippen LogP contribution in [-0.4, -0.2) is 54.5 Å². The molecule has 3 unspecified atom stereocenters. The Morgan fingerprint density at radius 1 is 1.20 bits per heavy atom. The summed E-state index contributed by atoms with van der Waals surface area (Å²) in [6.07, 6.45) is 8.03. The normalized spacial score (nSPS) is 32.4. The summed E-state index contributed by atoms with van der Waals surface area (Å²) in [5.41, 5.74) is 0. The van der Waals surface area contributed by atoms with Gasteiger partial charge in [-0.2, -0.15) is 0 Å². The lowest BCUT2D eigenvalue weighted by Gasteiger charge is -2.41. The van der Waals surface area contributed by atoms with Crippen LogP contribution < -0.4 is 0 Å². The van der Waals surface area contributed by atoms with Crippen LogP contribution in [0.15, 0.2) is 0 Å². The number of aliphatic carboxylic acids is 1. The van der Waals surface area contributed by atoms with Crippen LogP contribution >= 0.6 is 0 Å². The molecule has 1 N–H and O–H groups in total. The quantitative estimate of drug-likeness (QED) is 0.836. The maximum Gasteiger partial charge on any atom is 0.303 e. The Bertz CT molecular complexity index is 448. The average Bonchev–Trinajstić information content (AvgIpc) is 2.85. The Balaban J connectivity index is 2.08. The lowest BCUT2D eigenvalue weighted by molar-refractivity contribution is -0.137. The molecule has 2 rings (SSSR count). The van der Waals surface area contributed by atoms with Crippen molar-refractivity contribution in [1.29, 1.82) is 0 Å². The van der Waals surface area contributed by atoms with Crippen molar-refractivity contribution in [3.63, 3.8) is 0 Å². The highest BCUT2D eigenvalue weighted by atomic mass is 32.2. The zero-order chi connectivity index (χ0) is 14.8. The summed E-state index contributed by atoms with van der Waals surface area (Å²) in [4.78, 5) is 13.1. The van der Waals surface area contributed by atoms with Crippen LogP contribution in [0, 0.1) is 0 Å². The second-order valence-corrected chi connectivity index (χ2v) is 8.45. The summed E-state index contributed by atoms with van der Waals surface area (Å²) in [7, 11) is -3.01. The molecule has 1 saturated heterocycles. The Morgan fingerprint density at radius 3 is 2.60 bits per heavy atom. The summed E-state index contributed by atoms with van der Waals surface area (Å²) in [5.74, 6) is -0.762. The van der Waals surface area contributed by atoms with Crippen LogP contribution in [0.2, 0.25) is 0 Å². The lowest BCUT2D eigenvalue weighted by Crippen LogP contribution is -2.51. The van der Waals surface area contributed by atoms with Gasteiger partial charge in [0.15, 0.2) is 9.84 Å². The van der Waals surface area contributed by atoms with Crippen molar-refractivity contribution in [2.75, 3.05) is 12.8 Å². The monoisotopic (exact) mass is 303 g/mol. The van der Waals surface area contributed by atoms with Gasteiger partial charge in [-0.1, -0.05) is 12.8 Å². The van der Waals surface area contributed by atoms with E-state index in [-0.39, 0.29) is 23.8 Å². The molecule has 1 aliphatic carbocycles. The van der Waals surface area contributed by atoms with Gasteiger partial charge in [0.1, 0.15) is 0 Å². The Kier molecular flexibility index (Phi) is 5.07. The zero-order valence-electron chi connectivity index (χ0n) is 12.1. The van der Waals surface area contributed by atoms with Crippen LogP contribution in [-0.2, 0) is 14.6 Å². The van der Waals surface area contributed by atoms with Crippen LogP contribution in [0.5, 0.6) is 0 Å². The molecule has 1 aliphatic heterocycles. The lowest BCUT2D eigenvalue weighted by atomic mass is 9.95. The summed E-state index contributed by atoms with van der Waals surface area (Å²) < 4.78 is 23.9. The summed E-state index contributed by atoms with van der Waals surface area (Å²) in [5, 5.41) is 8.61. The fraction of sp³-hybridized carbons (Fsp3) is 0.929. The molecule has 0 aromatic carbocycles. The molecule has 0 bridgehead atoms. The van der Waals surface area contributed by atoms with E-state index in [4.69, 9.17) is 5.11 Å². The first-order chi connectivity index (χ1) is 9.39. The highest BCUT2D eigenvalue weighted by Crippen LogP contribution is 2.34. The van der Waals surface area contributed by atoms with Gasteiger partial charge in [-0.15, -0.1) is 0 Å². The van der Waals surface area contributed by atoms with Gasteiger partial charge in [-0.05, 0) is 38.6 Å². The number of hydrogen-bond acceptors (Lipinski definition) is 4. The minimum Gasteiger partial charge on any atom is -0.481 e. The predicted molar refractivity (Wildman–Crippen MR) is 77.5 cm³/mol. The molecule has 0 aromatic heterocycles. The molecule has 3 atom stereocenters. The van der Waals surface area contributed by atoms with Gasteiger partial charge in [0.2, 0.25) is 0 Å². The van der Waals surface area contributed by atoms with Crippen molar-refractivity contribution in [1.82, 2.24) is 4.90 Å². The number of likely N-dealkylation sites (tertiary alicyclic amines) is 1. The molecular formula is C14H25NO4S. The van der Waals surface area contributed by atoms with Crippen LogP contribution in [0.1, 0.15) is 51.4 Å². The minimum atomic E-state index is -3.01. The van der Waals surface area contributed by atoms with Gasteiger partial charge in [0.25, 0.3) is 0 Å². The molecule has 116 valence electrons. The van der Waals surface area contributed by atoms with Gasteiger partial charge in [0, 0.05) is 24.8 Å². The standard InChI is InChI=1S/C14H25NO4S/c1-20(18,19)13-7-4-6-12(13)15-10-3-2-5-11(15)8-9-14(16)17/h11-13H,2-10H2,1H3,(H,16,17). The van der Waals surface area contributed by atoms with Gasteiger partial charge < -0.3 is 5.11 Å². The molecule has 1 saturated carbocycles. The first kappa shape index (κ1) is 15.8. The first-order valence-corrected chi connectivity index (χ1v) is 9.51. The third kappa shape index (κ3) is 3.73. The Labute approximate surface area is 121 Å². The number of carboxylic acids is 1. The number of rotatable bonds is 5. The van der Waals surface area contributed by atoms with Gasteiger partial charge in [0.05, 0.1) is 5.25 Å². The fourth-order valence-electron chi connectivity index (χ4n) is 3.84. The second-order valence-electron chi connectivity index (χ2n) is 6.19. The van der Waals surface area contributed by atoms with E-state index in [9.17, 15) is 13.2 Å². The van der Waals surface area contributed by atoms with Gasteiger partial charge in [-0.25, -0.2) is 8.42 Å². The van der Waals surface area contributed by atoms with E-state index in [1.54, 1.807) is 0 Å². The van der Waals surface area contributed by atoms with Crippen LogP contribution in [0.4, 0.5) is 0 Å². The Hall–Kier alpha value is -0.620. The molecule has 5 nitrogen and oxygen atoms in total. The number of nitrogens with zero attached hydrogens (tertiary/aromatic N) is 1. The van der Waals surface area contributed by atoms with Gasteiger partial charge in [-0.3, -0.25) is 9.69 Å². The third-order valence-electron chi connectivity index (χ3n) is 4.76. The maximum atomic E-state index is 11.9. The van der Waals surface area contributed by atoms with E-state index in [1.807, 2.05) is 0 Å². The molecule has 2 fully saturated rings. The fourth-order valence-corrected chi connectivity index (χ4v) is 5.30. The van der Waals surface area contributed by atoms with E-state index in [0.717, 1.165) is 45.1 Å². The number of piperidine rings is 1. The average molecular weight is 303 g/mol. The predicted octanol–water partition coefficient (Wildman–Crippen LogP) is 1.67. The van der Waals surface area contributed by atoms with E-state index < -0.39 is 15.8 Å². The van der Waals surface area contributed by atoms with Crippen molar-refractivity contribution in [2.45, 2.75) is 68.7 Å². The third-order valence-corrected chi connectivity index (χ3v) is 6.41. The zero-order valence-corrected chi connectivity index (χ0v) is 12.9. The summed E-state index contributed by atoms with van der Waals surface area (Å²) in [6.45, 7) is 0.918. The van der Waals surface area contributed by atoms with E-state index in [0.29, 0.717) is 6.42 Å². The van der Waals surface area contributed by atoms with Gasteiger partial charge >= 0.3 is 5.97 Å². The minimum absolute atomic E-state index is 0.101.